The van der Waals surface area contributed by atoms with Gasteiger partial charge in [-0.3, -0.25) is 0 Å². The zero-order chi connectivity index (χ0) is 10.4. The van der Waals surface area contributed by atoms with Crippen molar-refractivity contribution in [3.8, 4) is 0 Å². The Morgan fingerprint density at radius 3 is 2.93 bits per heavy atom. The molecule has 0 saturated heterocycles. The zero-order valence-corrected chi connectivity index (χ0v) is 9.07. The lowest BCUT2D eigenvalue weighted by Crippen LogP contribution is -2.29. The van der Waals surface area contributed by atoms with Crippen molar-refractivity contribution in [3.05, 3.63) is 24.2 Å². The van der Waals surface area contributed by atoms with E-state index in [2.05, 4.69) is 18.9 Å². The highest BCUT2D eigenvalue weighted by molar-refractivity contribution is 5.03. The van der Waals surface area contributed by atoms with E-state index in [0.717, 1.165) is 18.8 Å². The van der Waals surface area contributed by atoms with Gasteiger partial charge in [0, 0.05) is 6.54 Å². The third-order valence-corrected chi connectivity index (χ3v) is 2.31. The van der Waals surface area contributed by atoms with Crippen LogP contribution in [0.25, 0.3) is 0 Å². The van der Waals surface area contributed by atoms with Crippen molar-refractivity contribution in [2.24, 2.45) is 5.73 Å². The van der Waals surface area contributed by atoms with Gasteiger partial charge in [0.2, 0.25) is 0 Å². The zero-order valence-electron chi connectivity index (χ0n) is 9.07. The number of hydrogen-bond acceptors (Lipinski definition) is 3. The molecule has 1 unspecified atom stereocenters. The minimum atomic E-state index is -0.00754. The minimum absolute atomic E-state index is 0.00754. The Morgan fingerprint density at radius 2 is 2.36 bits per heavy atom. The van der Waals surface area contributed by atoms with Crippen molar-refractivity contribution in [3.63, 3.8) is 0 Å². The molecular weight excluding hydrogens is 176 g/mol. The molecule has 80 valence electrons. The van der Waals surface area contributed by atoms with Gasteiger partial charge in [0.15, 0.2) is 0 Å². The van der Waals surface area contributed by atoms with Crippen LogP contribution in [-0.2, 0) is 0 Å². The van der Waals surface area contributed by atoms with Crippen LogP contribution >= 0.6 is 0 Å². The molecule has 0 spiro atoms. The number of rotatable bonds is 6. The summed E-state index contributed by atoms with van der Waals surface area (Å²) in [5.41, 5.74) is 5.98. The second-order valence-corrected chi connectivity index (χ2v) is 3.74. The number of unbranched alkanes of at least 4 members (excludes halogenated alkanes) is 1. The van der Waals surface area contributed by atoms with Gasteiger partial charge in [0.1, 0.15) is 5.76 Å². The molecule has 0 bridgehead atoms. The first-order valence-corrected chi connectivity index (χ1v) is 5.21. The van der Waals surface area contributed by atoms with Crippen LogP contribution in [0.15, 0.2) is 22.8 Å². The molecule has 14 heavy (non-hydrogen) atoms. The van der Waals surface area contributed by atoms with Crippen molar-refractivity contribution >= 4 is 0 Å². The lowest BCUT2D eigenvalue weighted by molar-refractivity contribution is 0.291. The molecule has 0 radical (unpaired) electrons. The molecule has 1 heterocycles. The molecular formula is C11H20N2O. The average Bonchev–Trinajstić information content (AvgIpc) is 2.67. The van der Waals surface area contributed by atoms with Gasteiger partial charge < -0.3 is 15.1 Å². The summed E-state index contributed by atoms with van der Waals surface area (Å²) in [6.07, 6.45) is 4.11. The summed E-state index contributed by atoms with van der Waals surface area (Å²) in [5, 5.41) is 0. The van der Waals surface area contributed by atoms with Crippen molar-refractivity contribution in [2.75, 3.05) is 20.1 Å². The first-order valence-electron chi connectivity index (χ1n) is 5.21. The standard InChI is InChI=1S/C11H20N2O/c1-3-4-7-13(2)9-10(12)11-6-5-8-14-11/h5-6,8,10H,3-4,7,9,12H2,1-2H3. The summed E-state index contributed by atoms with van der Waals surface area (Å²) in [4.78, 5) is 2.25. The van der Waals surface area contributed by atoms with Gasteiger partial charge >= 0.3 is 0 Å². The molecule has 0 saturated carbocycles. The van der Waals surface area contributed by atoms with Gasteiger partial charge in [-0.25, -0.2) is 0 Å². The van der Waals surface area contributed by atoms with Crippen molar-refractivity contribution < 1.29 is 4.42 Å². The third-order valence-electron chi connectivity index (χ3n) is 2.31. The van der Waals surface area contributed by atoms with E-state index in [0.29, 0.717) is 0 Å². The van der Waals surface area contributed by atoms with E-state index in [1.165, 1.54) is 12.8 Å². The molecule has 1 aromatic rings. The SMILES string of the molecule is CCCCN(C)CC(N)c1ccco1. The summed E-state index contributed by atoms with van der Waals surface area (Å²) < 4.78 is 5.25. The van der Waals surface area contributed by atoms with Crippen molar-refractivity contribution in [2.45, 2.75) is 25.8 Å². The Labute approximate surface area is 85.9 Å². The molecule has 0 aromatic carbocycles. The van der Waals surface area contributed by atoms with Crippen LogP contribution in [-0.4, -0.2) is 25.0 Å². The highest BCUT2D eigenvalue weighted by Crippen LogP contribution is 2.11. The third kappa shape index (κ3) is 3.52. The molecule has 0 aliphatic carbocycles. The van der Waals surface area contributed by atoms with Crippen molar-refractivity contribution in [1.82, 2.24) is 4.90 Å². The molecule has 1 rings (SSSR count). The predicted octanol–water partition coefficient (Wildman–Crippen LogP) is 2.01. The summed E-state index contributed by atoms with van der Waals surface area (Å²) in [7, 11) is 2.10. The monoisotopic (exact) mass is 196 g/mol. The van der Waals surface area contributed by atoms with Crippen LogP contribution in [0.4, 0.5) is 0 Å². The lowest BCUT2D eigenvalue weighted by atomic mass is 10.2. The fraction of sp³-hybridized carbons (Fsp3) is 0.636. The smallest absolute Gasteiger partial charge is 0.121 e. The number of likely N-dealkylation sites (N-methyl/N-ethyl adjacent to an activating group) is 1. The van der Waals surface area contributed by atoms with Crippen LogP contribution in [0, 0.1) is 0 Å². The number of nitrogens with zero attached hydrogens (tertiary/aromatic N) is 1. The maximum Gasteiger partial charge on any atom is 0.121 e. The Balaban J connectivity index is 2.29. The van der Waals surface area contributed by atoms with E-state index in [9.17, 15) is 0 Å². The summed E-state index contributed by atoms with van der Waals surface area (Å²) in [6.45, 7) is 4.15. The van der Waals surface area contributed by atoms with Gasteiger partial charge in [-0.2, -0.15) is 0 Å². The normalized spacial score (nSPS) is 13.4. The fourth-order valence-electron chi connectivity index (χ4n) is 1.45. The van der Waals surface area contributed by atoms with Crippen LogP contribution < -0.4 is 5.73 Å². The minimum Gasteiger partial charge on any atom is -0.468 e. The largest absolute Gasteiger partial charge is 0.468 e. The summed E-state index contributed by atoms with van der Waals surface area (Å²) in [5.74, 6) is 0.869. The number of nitrogens with two attached hydrogens (primary N) is 1. The Kier molecular flexibility index (Phi) is 4.70. The topological polar surface area (TPSA) is 42.4 Å². The highest BCUT2D eigenvalue weighted by Gasteiger charge is 2.10. The Bertz CT molecular complexity index is 233. The number of furan rings is 1. The van der Waals surface area contributed by atoms with Crippen LogP contribution in [0.3, 0.4) is 0 Å². The second-order valence-electron chi connectivity index (χ2n) is 3.74. The molecule has 0 fully saturated rings. The molecule has 2 N–H and O–H groups in total. The maximum atomic E-state index is 5.98. The fourth-order valence-corrected chi connectivity index (χ4v) is 1.45. The first kappa shape index (κ1) is 11.3. The van der Waals surface area contributed by atoms with Gasteiger partial charge in [-0.1, -0.05) is 13.3 Å². The van der Waals surface area contributed by atoms with E-state index in [4.69, 9.17) is 10.2 Å². The number of hydrogen-bond donors (Lipinski definition) is 1. The maximum absolute atomic E-state index is 5.98. The molecule has 1 aromatic heterocycles. The van der Waals surface area contributed by atoms with Gasteiger partial charge in [0.05, 0.1) is 12.3 Å². The Hall–Kier alpha value is -0.800. The molecule has 0 aliphatic heterocycles. The van der Waals surface area contributed by atoms with Crippen LogP contribution in [0.5, 0.6) is 0 Å². The molecule has 3 nitrogen and oxygen atoms in total. The molecule has 0 amide bonds. The van der Waals surface area contributed by atoms with E-state index >= 15 is 0 Å². The molecule has 3 heteroatoms. The predicted molar refractivity (Wildman–Crippen MR) is 58.0 cm³/mol. The van der Waals surface area contributed by atoms with E-state index in [-0.39, 0.29) is 6.04 Å². The van der Waals surface area contributed by atoms with E-state index in [1.807, 2.05) is 12.1 Å². The Morgan fingerprint density at radius 1 is 1.57 bits per heavy atom. The van der Waals surface area contributed by atoms with E-state index in [1.54, 1.807) is 6.26 Å². The van der Waals surface area contributed by atoms with Gasteiger partial charge in [-0.05, 0) is 32.1 Å². The van der Waals surface area contributed by atoms with E-state index < -0.39 is 0 Å². The second kappa shape index (κ2) is 5.83. The lowest BCUT2D eigenvalue weighted by Gasteiger charge is -2.19. The average molecular weight is 196 g/mol. The first-order chi connectivity index (χ1) is 6.74. The summed E-state index contributed by atoms with van der Waals surface area (Å²) >= 11 is 0. The molecule has 1 atom stereocenters. The van der Waals surface area contributed by atoms with Gasteiger partial charge in [0.25, 0.3) is 0 Å². The summed E-state index contributed by atoms with van der Waals surface area (Å²) in [6, 6.07) is 3.80. The van der Waals surface area contributed by atoms with Crippen LogP contribution in [0.2, 0.25) is 0 Å². The van der Waals surface area contributed by atoms with Crippen molar-refractivity contribution in [1.29, 1.82) is 0 Å². The quantitative estimate of drug-likeness (QED) is 0.756. The van der Waals surface area contributed by atoms with Crippen LogP contribution in [0.1, 0.15) is 31.6 Å². The molecule has 0 aliphatic rings. The highest BCUT2D eigenvalue weighted by atomic mass is 16.3. The van der Waals surface area contributed by atoms with Gasteiger partial charge in [-0.15, -0.1) is 0 Å².